The summed E-state index contributed by atoms with van der Waals surface area (Å²) in [4.78, 5) is 24.4. The standard InChI is InChI=1S/C14H19BrN2O3/c1-9(2)6-7-17(3)14(20)16-12-5-4-10(13(18)19)8-11(12)15/h4-5,8-9H,6-7H2,1-3H3,(H,16,20)(H,18,19). The zero-order chi connectivity index (χ0) is 15.3. The monoisotopic (exact) mass is 342 g/mol. The molecular formula is C14H19BrN2O3. The summed E-state index contributed by atoms with van der Waals surface area (Å²) in [6.45, 7) is 4.88. The number of carboxylic acids is 1. The number of amides is 2. The first-order valence-electron chi connectivity index (χ1n) is 6.36. The van der Waals surface area contributed by atoms with Crippen LogP contribution in [0.15, 0.2) is 22.7 Å². The Morgan fingerprint density at radius 3 is 2.55 bits per heavy atom. The van der Waals surface area contributed by atoms with Gasteiger partial charge >= 0.3 is 12.0 Å². The zero-order valence-electron chi connectivity index (χ0n) is 11.8. The molecule has 1 rings (SSSR count). The number of halogens is 1. The molecule has 0 aliphatic carbocycles. The van der Waals surface area contributed by atoms with Crippen molar-refractivity contribution >= 4 is 33.6 Å². The van der Waals surface area contributed by atoms with E-state index in [2.05, 4.69) is 35.1 Å². The molecule has 2 N–H and O–H groups in total. The lowest BCUT2D eigenvalue weighted by Crippen LogP contribution is -2.32. The van der Waals surface area contributed by atoms with E-state index in [1.165, 1.54) is 12.1 Å². The minimum atomic E-state index is -1.00. The van der Waals surface area contributed by atoms with Crippen LogP contribution in [0.25, 0.3) is 0 Å². The second-order valence-electron chi connectivity index (χ2n) is 5.03. The molecule has 0 unspecified atom stereocenters. The van der Waals surface area contributed by atoms with Gasteiger partial charge in [0.15, 0.2) is 0 Å². The molecule has 0 bridgehead atoms. The molecule has 1 aromatic carbocycles. The predicted molar refractivity (Wildman–Crippen MR) is 82.2 cm³/mol. The molecule has 0 spiro atoms. The molecule has 0 fully saturated rings. The van der Waals surface area contributed by atoms with E-state index in [9.17, 15) is 9.59 Å². The number of carboxylic acid groups (broad SMARTS) is 1. The Hall–Kier alpha value is -1.56. The number of nitrogens with one attached hydrogen (secondary N) is 1. The van der Waals surface area contributed by atoms with Crippen molar-refractivity contribution in [2.24, 2.45) is 5.92 Å². The normalized spacial score (nSPS) is 10.4. The number of anilines is 1. The highest BCUT2D eigenvalue weighted by Gasteiger charge is 2.12. The van der Waals surface area contributed by atoms with Crippen LogP contribution in [-0.4, -0.2) is 35.6 Å². The molecule has 1 aromatic rings. The molecule has 0 saturated carbocycles. The summed E-state index contributed by atoms with van der Waals surface area (Å²) in [5, 5.41) is 11.6. The van der Waals surface area contributed by atoms with Gasteiger partial charge in [0, 0.05) is 18.1 Å². The van der Waals surface area contributed by atoms with Crippen LogP contribution in [-0.2, 0) is 0 Å². The zero-order valence-corrected chi connectivity index (χ0v) is 13.4. The fraction of sp³-hybridized carbons (Fsp3) is 0.429. The van der Waals surface area contributed by atoms with Crippen molar-refractivity contribution in [3.8, 4) is 0 Å². The lowest BCUT2D eigenvalue weighted by atomic mass is 10.1. The summed E-state index contributed by atoms with van der Waals surface area (Å²) in [5.41, 5.74) is 0.722. The van der Waals surface area contributed by atoms with Crippen molar-refractivity contribution in [2.75, 3.05) is 18.9 Å². The Morgan fingerprint density at radius 2 is 2.05 bits per heavy atom. The molecule has 2 amide bonds. The molecule has 0 aliphatic rings. The summed E-state index contributed by atoms with van der Waals surface area (Å²) < 4.78 is 0.544. The van der Waals surface area contributed by atoms with Crippen molar-refractivity contribution in [2.45, 2.75) is 20.3 Å². The van der Waals surface area contributed by atoms with Crippen LogP contribution >= 0.6 is 15.9 Å². The Labute approximate surface area is 127 Å². The maximum atomic E-state index is 12.0. The lowest BCUT2D eigenvalue weighted by molar-refractivity contribution is 0.0697. The highest BCUT2D eigenvalue weighted by Crippen LogP contribution is 2.24. The van der Waals surface area contributed by atoms with E-state index in [0.29, 0.717) is 22.6 Å². The molecule has 0 atom stereocenters. The van der Waals surface area contributed by atoms with E-state index in [1.807, 2.05) is 0 Å². The minimum Gasteiger partial charge on any atom is -0.478 e. The summed E-state index contributed by atoms with van der Waals surface area (Å²) in [6, 6.07) is 4.28. The second-order valence-corrected chi connectivity index (χ2v) is 5.89. The fourth-order valence-electron chi connectivity index (χ4n) is 1.51. The summed E-state index contributed by atoms with van der Waals surface area (Å²) in [7, 11) is 1.73. The lowest BCUT2D eigenvalue weighted by Gasteiger charge is -2.19. The largest absolute Gasteiger partial charge is 0.478 e. The van der Waals surface area contributed by atoms with E-state index >= 15 is 0 Å². The van der Waals surface area contributed by atoms with E-state index in [1.54, 1.807) is 18.0 Å². The third-order valence-corrected chi connectivity index (χ3v) is 3.50. The van der Waals surface area contributed by atoms with Crippen LogP contribution in [0.5, 0.6) is 0 Å². The molecular weight excluding hydrogens is 324 g/mol. The number of aromatic carboxylic acids is 1. The molecule has 110 valence electrons. The van der Waals surface area contributed by atoms with Crippen molar-refractivity contribution < 1.29 is 14.7 Å². The molecule has 0 heterocycles. The quantitative estimate of drug-likeness (QED) is 0.857. The highest BCUT2D eigenvalue weighted by molar-refractivity contribution is 9.10. The number of carbonyl (C=O) groups excluding carboxylic acids is 1. The van der Waals surface area contributed by atoms with Gasteiger partial charge in [-0.3, -0.25) is 0 Å². The van der Waals surface area contributed by atoms with Gasteiger partial charge < -0.3 is 15.3 Å². The van der Waals surface area contributed by atoms with E-state index in [0.717, 1.165) is 6.42 Å². The molecule has 0 saturated heterocycles. The second kappa shape index (κ2) is 7.28. The fourth-order valence-corrected chi connectivity index (χ4v) is 1.99. The Kier molecular flexibility index (Phi) is 6.01. The van der Waals surface area contributed by atoms with Gasteiger partial charge in [-0.2, -0.15) is 0 Å². The van der Waals surface area contributed by atoms with Crippen LogP contribution < -0.4 is 5.32 Å². The van der Waals surface area contributed by atoms with Crippen molar-refractivity contribution in [1.29, 1.82) is 0 Å². The molecule has 6 heteroatoms. The van der Waals surface area contributed by atoms with Gasteiger partial charge in [-0.05, 0) is 46.5 Å². The van der Waals surface area contributed by atoms with E-state index < -0.39 is 5.97 Å². The number of hydrogen-bond donors (Lipinski definition) is 2. The van der Waals surface area contributed by atoms with Gasteiger partial charge in [0.25, 0.3) is 0 Å². The van der Waals surface area contributed by atoms with Crippen LogP contribution in [0.3, 0.4) is 0 Å². The summed E-state index contributed by atoms with van der Waals surface area (Å²) in [6.07, 6.45) is 0.934. The van der Waals surface area contributed by atoms with Crippen molar-refractivity contribution in [3.63, 3.8) is 0 Å². The van der Waals surface area contributed by atoms with Crippen LogP contribution in [0, 0.1) is 5.92 Å². The van der Waals surface area contributed by atoms with Crippen molar-refractivity contribution in [1.82, 2.24) is 4.90 Å². The predicted octanol–water partition coefficient (Wildman–Crippen LogP) is 3.66. The van der Waals surface area contributed by atoms with Crippen LogP contribution in [0.1, 0.15) is 30.6 Å². The minimum absolute atomic E-state index is 0.169. The van der Waals surface area contributed by atoms with Gasteiger partial charge in [-0.25, -0.2) is 9.59 Å². The number of urea groups is 1. The smallest absolute Gasteiger partial charge is 0.335 e. The first kappa shape index (κ1) is 16.5. The number of benzene rings is 1. The molecule has 20 heavy (non-hydrogen) atoms. The average Bonchev–Trinajstić information content (AvgIpc) is 2.37. The third-order valence-electron chi connectivity index (χ3n) is 2.85. The van der Waals surface area contributed by atoms with E-state index in [4.69, 9.17) is 5.11 Å². The van der Waals surface area contributed by atoms with Crippen LogP contribution in [0.4, 0.5) is 10.5 Å². The highest BCUT2D eigenvalue weighted by atomic mass is 79.9. The Morgan fingerprint density at radius 1 is 1.40 bits per heavy atom. The average molecular weight is 343 g/mol. The Balaban J connectivity index is 2.68. The summed E-state index contributed by atoms with van der Waals surface area (Å²) >= 11 is 3.26. The summed E-state index contributed by atoms with van der Waals surface area (Å²) in [5.74, 6) is -0.468. The van der Waals surface area contributed by atoms with Gasteiger partial charge in [0.1, 0.15) is 0 Å². The molecule has 0 aromatic heterocycles. The van der Waals surface area contributed by atoms with Gasteiger partial charge in [0.05, 0.1) is 11.3 Å². The first-order chi connectivity index (χ1) is 9.31. The maximum Gasteiger partial charge on any atom is 0.335 e. The SMILES string of the molecule is CC(C)CCN(C)C(=O)Nc1ccc(C(=O)O)cc1Br. The Bertz CT molecular complexity index is 503. The topological polar surface area (TPSA) is 69.6 Å². The van der Waals surface area contributed by atoms with Gasteiger partial charge in [0.2, 0.25) is 0 Å². The number of hydrogen-bond acceptors (Lipinski definition) is 2. The van der Waals surface area contributed by atoms with Gasteiger partial charge in [-0.1, -0.05) is 13.8 Å². The molecule has 0 radical (unpaired) electrons. The van der Waals surface area contributed by atoms with E-state index in [-0.39, 0.29) is 11.6 Å². The van der Waals surface area contributed by atoms with Crippen molar-refractivity contribution in [3.05, 3.63) is 28.2 Å². The first-order valence-corrected chi connectivity index (χ1v) is 7.15. The number of carbonyl (C=O) groups is 2. The maximum absolute atomic E-state index is 12.0. The van der Waals surface area contributed by atoms with Gasteiger partial charge in [-0.15, -0.1) is 0 Å². The molecule has 0 aliphatic heterocycles. The molecule has 5 nitrogen and oxygen atoms in total. The van der Waals surface area contributed by atoms with Crippen LogP contribution in [0.2, 0.25) is 0 Å². The number of rotatable bonds is 5. The number of nitrogens with zero attached hydrogens (tertiary/aromatic N) is 1. The third kappa shape index (κ3) is 4.85.